The van der Waals surface area contributed by atoms with Gasteiger partial charge >= 0.3 is 0 Å². The van der Waals surface area contributed by atoms with Gasteiger partial charge in [-0.15, -0.1) is 0 Å². The van der Waals surface area contributed by atoms with E-state index in [2.05, 4.69) is 34.9 Å². The minimum absolute atomic E-state index is 0.333. The topological polar surface area (TPSA) is 44.3 Å². The number of hydrogen-bond donors (Lipinski definition) is 3. The summed E-state index contributed by atoms with van der Waals surface area (Å²) < 4.78 is 0. The summed E-state index contributed by atoms with van der Waals surface area (Å²) >= 11 is 1.68. The maximum absolute atomic E-state index is 10.3. The maximum atomic E-state index is 10.3. The van der Waals surface area contributed by atoms with Crippen LogP contribution in [0.4, 0.5) is 0 Å². The summed E-state index contributed by atoms with van der Waals surface area (Å²) in [6.45, 7) is 4.48. The zero-order chi connectivity index (χ0) is 13.7. The monoisotopic (exact) mass is 280 g/mol. The van der Waals surface area contributed by atoms with Crippen LogP contribution < -0.4 is 10.6 Å². The van der Waals surface area contributed by atoms with E-state index in [1.165, 1.54) is 11.1 Å². The Balaban J connectivity index is 2.04. The first-order chi connectivity index (χ1) is 9.12. The van der Waals surface area contributed by atoms with Gasteiger partial charge in [0.2, 0.25) is 0 Å². The van der Waals surface area contributed by atoms with Crippen molar-refractivity contribution in [1.29, 1.82) is 0 Å². The summed E-state index contributed by atoms with van der Waals surface area (Å²) in [7, 11) is 0. The van der Waals surface area contributed by atoms with Crippen molar-refractivity contribution < 1.29 is 5.11 Å². The molecule has 106 valence electrons. The van der Waals surface area contributed by atoms with Crippen LogP contribution in [-0.4, -0.2) is 35.8 Å². The van der Waals surface area contributed by atoms with Crippen LogP contribution in [-0.2, 0) is 6.54 Å². The van der Waals surface area contributed by atoms with Gasteiger partial charge in [-0.25, -0.2) is 0 Å². The van der Waals surface area contributed by atoms with E-state index < -0.39 is 5.60 Å². The van der Waals surface area contributed by atoms with E-state index in [9.17, 15) is 5.11 Å². The van der Waals surface area contributed by atoms with Crippen LogP contribution in [0.5, 0.6) is 0 Å². The van der Waals surface area contributed by atoms with Crippen molar-refractivity contribution in [3.05, 3.63) is 35.4 Å². The van der Waals surface area contributed by atoms with Crippen molar-refractivity contribution in [2.75, 3.05) is 25.1 Å². The number of aliphatic hydroxyl groups is 1. The Morgan fingerprint density at radius 3 is 3.05 bits per heavy atom. The minimum atomic E-state index is -0.645. The van der Waals surface area contributed by atoms with Crippen LogP contribution in [0.1, 0.15) is 30.5 Å². The van der Waals surface area contributed by atoms with Gasteiger partial charge in [-0.1, -0.05) is 24.3 Å². The van der Waals surface area contributed by atoms with Crippen molar-refractivity contribution in [3.63, 3.8) is 0 Å². The van der Waals surface area contributed by atoms with Gasteiger partial charge in [0.15, 0.2) is 0 Å². The average molecular weight is 280 g/mol. The van der Waals surface area contributed by atoms with Gasteiger partial charge in [0.1, 0.15) is 0 Å². The van der Waals surface area contributed by atoms with Crippen LogP contribution in [0.25, 0.3) is 0 Å². The molecule has 19 heavy (non-hydrogen) atoms. The highest BCUT2D eigenvalue weighted by molar-refractivity contribution is 7.98. The third-order valence-corrected chi connectivity index (χ3v) is 4.45. The maximum Gasteiger partial charge on any atom is 0.0833 e. The Morgan fingerprint density at radius 2 is 2.26 bits per heavy atom. The van der Waals surface area contributed by atoms with Gasteiger partial charge in [0, 0.05) is 24.9 Å². The van der Waals surface area contributed by atoms with E-state index >= 15 is 0 Å². The fraction of sp³-hybridized carbons (Fsp3) is 0.600. The summed E-state index contributed by atoms with van der Waals surface area (Å²) in [4.78, 5) is 0. The highest BCUT2D eigenvalue weighted by Gasteiger charge is 2.23. The van der Waals surface area contributed by atoms with Crippen molar-refractivity contribution in [2.45, 2.75) is 31.5 Å². The van der Waals surface area contributed by atoms with Crippen LogP contribution in [0.3, 0.4) is 0 Å². The van der Waals surface area contributed by atoms with Gasteiger partial charge < -0.3 is 15.7 Å². The van der Waals surface area contributed by atoms with E-state index in [0.29, 0.717) is 12.6 Å². The molecule has 0 aliphatic carbocycles. The molecule has 4 heteroatoms. The Kier molecular flexibility index (Phi) is 5.28. The predicted octanol–water partition coefficient (Wildman–Crippen LogP) is 1.92. The van der Waals surface area contributed by atoms with Crippen LogP contribution >= 0.6 is 11.8 Å². The van der Waals surface area contributed by atoms with Crippen molar-refractivity contribution in [3.8, 4) is 0 Å². The zero-order valence-electron chi connectivity index (χ0n) is 11.8. The van der Waals surface area contributed by atoms with Gasteiger partial charge in [-0.05, 0) is 37.3 Å². The molecule has 0 radical (unpaired) electrons. The Morgan fingerprint density at radius 1 is 1.47 bits per heavy atom. The van der Waals surface area contributed by atoms with Crippen molar-refractivity contribution in [1.82, 2.24) is 10.6 Å². The molecule has 2 rings (SSSR count). The Labute approximate surface area is 120 Å². The number of fused-ring (bicyclic) bond motifs is 1. The van der Waals surface area contributed by atoms with E-state index in [0.717, 1.165) is 25.3 Å². The van der Waals surface area contributed by atoms with E-state index in [1.54, 1.807) is 11.8 Å². The molecule has 0 fully saturated rings. The van der Waals surface area contributed by atoms with Gasteiger partial charge in [-0.3, -0.25) is 0 Å². The second-order valence-electron chi connectivity index (χ2n) is 5.53. The summed E-state index contributed by atoms with van der Waals surface area (Å²) in [6, 6.07) is 8.90. The van der Waals surface area contributed by atoms with E-state index in [-0.39, 0.29) is 0 Å². The first-order valence-electron chi connectivity index (χ1n) is 6.85. The summed E-state index contributed by atoms with van der Waals surface area (Å²) in [6.07, 6.45) is 3.09. The molecule has 0 saturated heterocycles. The van der Waals surface area contributed by atoms with Crippen molar-refractivity contribution >= 4 is 11.8 Å². The summed E-state index contributed by atoms with van der Waals surface area (Å²) in [5.41, 5.74) is 2.09. The van der Waals surface area contributed by atoms with Crippen LogP contribution in [0.2, 0.25) is 0 Å². The molecular weight excluding hydrogens is 256 g/mol. The normalized spacial score (nSPS) is 22.4. The lowest BCUT2D eigenvalue weighted by Crippen LogP contribution is -2.41. The molecule has 0 bridgehead atoms. The highest BCUT2D eigenvalue weighted by Crippen LogP contribution is 2.24. The average Bonchev–Trinajstić information content (AvgIpc) is 2.58. The molecule has 1 heterocycles. The number of benzene rings is 1. The quantitative estimate of drug-likeness (QED) is 0.771. The Hall–Kier alpha value is -0.550. The molecular formula is C15H24N2OS. The number of hydrogen-bond acceptors (Lipinski definition) is 4. The summed E-state index contributed by atoms with van der Waals surface area (Å²) in [5.74, 6) is 0.757. The SMILES string of the molecule is CSCC(C)(O)CNC1CCNCc2ccccc21. The molecule has 1 aromatic rings. The standard InChI is InChI=1S/C15H24N2OS/c1-15(18,11-19-2)10-17-14-7-8-16-9-12-5-3-4-6-13(12)14/h3-6,14,16-18H,7-11H2,1-2H3. The van der Waals surface area contributed by atoms with E-state index in [1.807, 2.05) is 13.2 Å². The van der Waals surface area contributed by atoms with Gasteiger partial charge in [0.25, 0.3) is 0 Å². The fourth-order valence-electron chi connectivity index (χ4n) is 2.58. The molecule has 2 unspecified atom stereocenters. The lowest BCUT2D eigenvalue weighted by molar-refractivity contribution is 0.0811. The molecule has 1 aliphatic heterocycles. The smallest absolute Gasteiger partial charge is 0.0833 e. The number of nitrogens with one attached hydrogen (secondary N) is 2. The zero-order valence-corrected chi connectivity index (χ0v) is 12.6. The van der Waals surface area contributed by atoms with E-state index in [4.69, 9.17) is 0 Å². The van der Waals surface area contributed by atoms with Crippen molar-refractivity contribution in [2.24, 2.45) is 0 Å². The highest BCUT2D eigenvalue weighted by atomic mass is 32.2. The molecule has 0 spiro atoms. The molecule has 3 N–H and O–H groups in total. The summed E-state index contributed by atoms with van der Waals surface area (Å²) in [5, 5.41) is 17.3. The van der Waals surface area contributed by atoms with Gasteiger partial charge in [0.05, 0.1) is 5.60 Å². The largest absolute Gasteiger partial charge is 0.388 e. The number of rotatable bonds is 5. The lowest BCUT2D eigenvalue weighted by atomic mass is 9.98. The lowest BCUT2D eigenvalue weighted by Gasteiger charge is -2.27. The Bertz CT molecular complexity index is 409. The first kappa shape index (κ1) is 14.9. The molecule has 2 atom stereocenters. The van der Waals surface area contributed by atoms with Gasteiger partial charge in [-0.2, -0.15) is 11.8 Å². The third kappa shape index (κ3) is 4.21. The second-order valence-corrected chi connectivity index (χ2v) is 6.39. The third-order valence-electron chi connectivity index (χ3n) is 3.54. The second kappa shape index (κ2) is 6.75. The number of thioether (sulfide) groups is 1. The predicted molar refractivity (Wildman–Crippen MR) is 82.5 cm³/mol. The molecule has 0 amide bonds. The van der Waals surface area contributed by atoms with Crippen LogP contribution in [0.15, 0.2) is 24.3 Å². The molecule has 0 aromatic heterocycles. The first-order valence-corrected chi connectivity index (χ1v) is 8.25. The molecule has 3 nitrogen and oxygen atoms in total. The molecule has 1 aliphatic rings. The van der Waals surface area contributed by atoms with Crippen LogP contribution in [0, 0.1) is 0 Å². The fourth-order valence-corrected chi connectivity index (χ4v) is 3.30. The molecule has 0 saturated carbocycles. The minimum Gasteiger partial charge on any atom is -0.388 e. The molecule has 1 aromatic carbocycles.